The maximum atomic E-state index is 11.4. The van der Waals surface area contributed by atoms with Crippen LogP contribution >= 0.6 is 0 Å². The Bertz CT molecular complexity index is 975. The van der Waals surface area contributed by atoms with E-state index >= 15 is 0 Å². The molecule has 1 fully saturated rings. The molecule has 1 unspecified atom stereocenters. The van der Waals surface area contributed by atoms with Gasteiger partial charge in [-0.3, -0.25) is 4.98 Å². The van der Waals surface area contributed by atoms with Crippen molar-refractivity contribution in [1.29, 1.82) is 0 Å². The molecule has 1 N–H and O–H groups in total. The zero-order valence-electron chi connectivity index (χ0n) is 18.8. The SMILES string of the molecule is COCCOc1cc2c(N3CCC(C(C)CNS(C)(=O)=O)CC3)ccnc2cc1OC. The Morgan fingerprint density at radius 2 is 1.94 bits per heavy atom. The highest BCUT2D eigenvalue weighted by Crippen LogP contribution is 2.37. The number of fused-ring (bicyclic) bond motifs is 1. The lowest BCUT2D eigenvalue weighted by molar-refractivity contribution is 0.144. The molecule has 1 saturated heterocycles. The zero-order chi connectivity index (χ0) is 22.4. The van der Waals surface area contributed by atoms with Crippen molar-refractivity contribution < 1.29 is 22.6 Å². The van der Waals surface area contributed by atoms with Gasteiger partial charge in [0.05, 0.1) is 25.5 Å². The number of benzene rings is 1. The third kappa shape index (κ3) is 6.21. The minimum Gasteiger partial charge on any atom is -0.493 e. The van der Waals surface area contributed by atoms with Crippen molar-refractivity contribution in [3.63, 3.8) is 0 Å². The van der Waals surface area contributed by atoms with Gasteiger partial charge in [-0.05, 0) is 36.8 Å². The number of sulfonamides is 1. The molecule has 9 heteroatoms. The van der Waals surface area contributed by atoms with Gasteiger partial charge in [0.2, 0.25) is 10.0 Å². The van der Waals surface area contributed by atoms with Crippen molar-refractivity contribution in [1.82, 2.24) is 9.71 Å². The molecule has 3 rings (SSSR count). The molecule has 1 aromatic heterocycles. The Labute approximate surface area is 184 Å². The molecule has 1 aliphatic rings. The van der Waals surface area contributed by atoms with Gasteiger partial charge >= 0.3 is 0 Å². The van der Waals surface area contributed by atoms with E-state index in [0.717, 1.165) is 42.5 Å². The predicted molar refractivity (Wildman–Crippen MR) is 123 cm³/mol. The fourth-order valence-corrected chi connectivity index (χ4v) is 4.65. The van der Waals surface area contributed by atoms with Crippen molar-refractivity contribution in [2.24, 2.45) is 11.8 Å². The highest BCUT2D eigenvalue weighted by atomic mass is 32.2. The average Bonchev–Trinajstić information content (AvgIpc) is 2.76. The van der Waals surface area contributed by atoms with Gasteiger partial charge in [-0.2, -0.15) is 0 Å². The van der Waals surface area contributed by atoms with Crippen molar-refractivity contribution in [3.05, 3.63) is 24.4 Å². The summed E-state index contributed by atoms with van der Waals surface area (Å²) in [6.45, 7) is 5.39. The van der Waals surface area contributed by atoms with Crippen LogP contribution in [0, 0.1) is 11.8 Å². The van der Waals surface area contributed by atoms with E-state index in [2.05, 4.69) is 21.5 Å². The highest BCUT2D eigenvalue weighted by Gasteiger charge is 2.25. The quantitative estimate of drug-likeness (QED) is 0.556. The highest BCUT2D eigenvalue weighted by molar-refractivity contribution is 7.88. The van der Waals surface area contributed by atoms with E-state index in [1.807, 2.05) is 24.4 Å². The first-order valence-electron chi connectivity index (χ1n) is 10.6. The summed E-state index contributed by atoms with van der Waals surface area (Å²) in [6, 6.07) is 5.95. The minimum absolute atomic E-state index is 0.302. The smallest absolute Gasteiger partial charge is 0.208 e. The number of pyridine rings is 1. The second kappa shape index (κ2) is 10.5. The number of nitrogens with zero attached hydrogens (tertiary/aromatic N) is 2. The number of anilines is 1. The summed E-state index contributed by atoms with van der Waals surface area (Å²) in [4.78, 5) is 6.90. The second-order valence-corrected chi connectivity index (χ2v) is 9.95. The van der Waals surface area contributed by atoms with Crippen LogP contribution in [0.25, 0.3) is 10.9 Å². The average molecular weight is 452 g/mol. The number of aromatic nitrogens is 1. The number of hydrogen-bond donors (Lipinski definition) is 1. The molecule has 2 aromatic rings. The van der Waals surface area contributed by atoms with Crippen LogP contribution in [0.3, 0.4) is 0 Å². The summed E-state index contributed by atoms with van der Waals surface area (Å²) >= 11 is 0. The van der Waals surface area contributed by atoms with Crippen LogP contribution < -0.4 is 19.1 Å². The second-order valence-electron chi connectivity index (χ2n) is 8.11. The largest absolute Gasteiger partial charge is 0.493 e. The standard InChI is InChI=1S/C22H33N3O5S/c1-16(15-24-31(4,26)27)17-6-9-25(10-7-17)20-5-8-23-19-14-21(29-3)22(13-18(19)20)30-12-11-28-2/h5,8,13-14,16-17,24H,6-7,9-12,15H2,1-4H3. The topological polar surface area (TPSA) is 90.0 Å². The van der Waals surface area contributed by atoms with Crippen LogP contribution in [-0.2, 0) is 14.8 Å². The Hall–Kier alpha value is -2.10. The summed E-state index contributed by atoms with van der Waals surface area (Å²) in [6.07, 6.45) is 5.07. The lowest BCUT2D eigenvalue weighted by Crippen LogP contribution is -2.38. The molecule has 0 amide bonds. The lowest BCUT2D eigenvalue weighted by atomic mass is 9.85. The van der Waals surface area contributed by atoms with Crippen LogP contribution in [0.2, 0.25) is 0 Å². The van der Waals surface area contributed by atoms with Crippen molar-refractivity contribution in [3.8, 4) is 11.5 Å². The molecule has 31 heavy (non-hydrogen) atoms. The summed E-state index contributed by atoms with van der Waals surface area (Å²) in [5.41, 5.74) is 1.99. The molecule has 1 aliphatic heterocycles. The number of piperidine rings is 1. The van der Waals surface area contributed by atoms with Gasteiger partial charge in [0.25, 0.3) is 0 Å². The van der Waals surface area contributed by atoms with Crippen LogP contribution in [-0.4, -0.2) is 66.7 Å². The van der Waals surface area contributed by atoms with Gasteiger partial charge in [-0.15, -0.1) is 0 Å². The molecule has 0 spiro atoms. The first kappa shape index (κ1) is 23.6. The summed E-state index contributed by atoms with van der Waals surface area (Å²) in [5, 5.41) is 1.03. The van der Waals surface area contributed by atoms with E-state index in [0.29, 0.717) is 43.1 Å². The fourth-order valence-electron chi connectivity index (χ4n) is 4.08. The third-order valence-corrected chi connectivity index (χ3v) is 6.59. The molecule has 1 aromatic carbocycles. The van der Waals surface area contributed by atoms with Gasteiger partial charge in [0.1, 0.15) is 6.61 Å². The summed E-state index contributed by atoms with van der Waals surface area (Å²) in [7, 11) is 0.116. The molecular weight excluding hydrogens is 418 g/mol. The molecule has 1 atom stereocenters. The molecule has 8 nitrogen and oxygen atoms in total. The Morgan fingerprint density at radius 3 is 2.58 bits per heavy atom. The molecule has 0 aliphatic carbocycles. The zero-order valence-corrected chi connectivity index (χ0v) is 19.6. The maximum Gasteiger partial charge on any atom is 0.208 e. The van der Waals surface area contributed by atoms with Crippen LogP contribution in [0.5, 0.6) is 11.5 Å². The van der Waals surface area contributed by atoms with Gasteiger partial charge in [0.15, 0.2) is 11.5 Å². The molecular formula is C22H33N3O5S. The Balaban J connectivity index is 1.74. The monoisotopic (exact) mass is 451 g/mol. The van der Waals surface area contributed by atoms with E-state index in [1.54, 1.807) is 14.2 Å². The van der Waals surface area contributed by atoms with E-state index in [1.165, 1.54) is 6.26 Å². The molecule has 0 bridgehead atoms. The molecule has 0 radical (unpaired) electrons. The van der Waals surface area contributed by atoms with Gasteiger partial charge in [-0.1, -0.05) is 6.92 Å². The van der Waals surface area contributed by atoms with Crippen LogP contribution in [0.15, 0.2) is 24.4 Å². The third-order valence-electron chi connectivity index (χ3n) is 5.90. The van der Waals surface area contributed by atoms with E-state index in [-0.39, 0.29) is 0 Å². The van der Waals surface area contributed by atoms with Gasteiger partial charge < -0.3 is 19.1 Å². The maximum absolute atomic E-state index is 11.4. The minimum atomic E-state index is -3.15. The van der Waals surface area contributed by atoms with Crippen molar-refractivity contribution in [2.45, 2.75) is 19.8 Å². The van der Waals surface area contributed by atoms with Gasteiger partial charge in [-0.25, -0.2) is 13.1 Å². The number of nitrogens with one attached hydrogen (secondary N) is 1. The lowest BCUT2D eigenvalue weighted by Gasteiger charge is -2.36. The number of ether oxygens (including phenoxy) is 3. The van der Waals surface area contributed by atoms with Crippen molar-refractivity contribution in [2.75, 3.05) is 58.2 Å². The predicted octanol–water partition coefficient (Wildman–Crippen LogP) is 2.67. The molecule has 0 saturated carbocycles. The first-order chi connectivity index (χ1) is 14.8. The molecule has 2 heterocycles. The van der Waals surface area contributed by atoms with Crippen LogP contribution in [0.1, 0.15) is 19.8 Å². The summed E-state index contributed by atoms with van der Waals surface area (Å²) < 4.78 is 41.9. The number of hydrogen-bond acceptors (Lipinski definition) is 7. The van der Waals surface area contributed by atoms with E-state index in [4.69, 9.17) is 14.2 Å². The summed E-state index contributed by atoms with van der Waals surface area (Å²) in [5.74, 6) is 2.12. The van der Waals surface area contributed by atoms with Crippen LogP contribution in [0.4, 0.5) is 5.69 Å². The fraction of sp³-hybridized carbons (Fsp3) is 0.591. The Morgan fingerprint density at radius 1 is 1.19 bits per heavy atom. The number of rotatable bonds is 10. The first-order valence-corrected chi connectivity index (χ1v) is 12.5. The number of methoxy groups -OCH3 is 2. The van der Waals surface area contributed by atoms with E-state index in [9.17, 15) is 8.42 Å². The van der Waals surface area contributed by atoms with Gasteiger partial charge in [0, 0.05) is 50.1 Å². The van der Waals surface area contributed by atoms with Crippen molar-refractivity contribution >= 4 is 26.6 Å². The normalized spacial score (nSPS) is 16.5. The van der Waals surface area contributed by atoms with E-state index < -0.39 is 10.0 Å². The molecule has 172 valence electrons. The Kier molecular flexibility index (Phi) is 7.96.